The Labute approximate surface area is 146 Å². The van der Waals surface area contributed by atoms with Gasteiger partial charge in [-0.05, 0) is 43.5 Å². The normalized spacial score (nSPS) is 13.3. The summed E-state index contributed by atoms with van der Waals surface area (Å²) in [6.07, 6.45) is 0.886. The second-order valence-corrected chi connectivity index (χ2v) is 6.42. The highest BCUT2D eigenvalue weighted by Gasteiger charge is 2.25. The number of rotatable bonds is 3. The maximum absolute atomic E-state index is 12.6. The number of aromatic nitrogens is 3. The summed E-state index contributed by atoms with van der Waals surface area (Å²) in [6, 6.07) is 9.99. The lowest BCUT2D eigenvalue weighted by molar-refractivity contribution is -0.120. The number of anilines is 1. The quantitative estimate of drug-likeness (QED) is 0.737. The molecule has 3 aromatic rings. The molecular weight excluding hydrogens is 316 g/mol. The molecule has 6 nitrogen and oxygen atoms in total. The molecule has 1 aromatic carbocycles. The van der Waals surface area contributed by atoms with E-state index in [0.717, 1.165) is 34.4 Å². The second kappa shape index (κ2) is 5.88. The molecule has 1 aliphatic heterocycles. The molecule has 0 unspecified atom stereocenters. The first-order chi connectivity index (χ1) is 12.0. The summed E-state index contributed by atoms with van der Waals surface area (Å²) in [5, 5.41) is 5.26. The maximum Gasteiger partial charge on any atom is 0.264 e. The van der Waals surface area contributed by atoms with Gasteiger partial charge in [-0.3, -0.25) is 4.79 Å². The molecule has 128 valence electrons. The number of ether oxygens (including phenoxy) is 1. The Kier molecular flexibility index (Phi) is 3.67. The molecule has 0 saturated heterocycles. The van der Waals surface area contributed by atoms with Gasteiger partial charge in [-0.2, -0.15) is 0 Å². The molecule has 0 N–H and O–H groups in total. The molecule has 4 rings (SSSR count). The number of hydrogen-bond acceptors (Lipinski definition) is 4. The molecule has 0 radical (unpaired) electrons. The Morgan fingerprint density at radius 3 is 2.92 bits per heavy atom. The maximum atomic E-state index is 12.6. The largest absolute Gasteiger partial charge is 0.466 e. The number of amides is 1. The highest BCUT2D eigenvalue weighted by atomic mass is 16.5. The highest BCUT2D eigenvalue weighted by molar-refractivity contribution is 5.96. The van der Waals surface area contributed by atoms with Crippen LogP contribution in [-0.2, 0) is 18.3 Å². The summed E-state index contributed by atoms with van der Waals surface area (Å²) >= 11 is 0. The Balaban J connectivity index is 1.56. The standard InChI is InChI=1S/C19H20N4O2/c1-12-10-13(2)20-18-17(12)19(21-22(18)3)25-11-16(24)23-9-8-14-6-4-5-7-15(14)23/h4-7,10H,8-9,11H2,1-3H3. The molecule has 0 fully saturated rings. The van der Waals surface area contributed by atoms with Gasteiger partial charge in [-0.25, -0.2) is 9.67 Å². The first-order valence-electron chi connectivity index (χ1n) is 8.36. The molecule has 6 heteroatoms. The molecule has 1 amide bonds. The summed E-state index contributed by atoms with van der Waals surface area (Å²) in [6.45, 7) is 4.62. The van der Waals surface area contributed by atoms with E-state index in [9.17, 15) is 4.79 Å². The lowest BCUT2D eigenvalue weighted by atomic mass is 10.2. The molecular formula is C19H20N4O2. The van der Waals surface area contributed by atoms with Crippen LogP contribution in [0.2, 0.25) is 0 Å². The van der Waals surface area contributed by atoms with Gasteiger partial charge < -0.3 is 9.64 Å². The van der Waals surface area contributed by atoms with Crippen molar-refractivity contribution in [2.45, 2.75) is 20.3 Å². The van der Waals surface area contributed by atoms with Gasteiger partial charge in [0.2, 0.25) is 5.88 Å². The first-order valence-corrected chi connectivity index (χ1v) is 8.36. The van der Waals surface area contributed by atoms with Gasteiger partial charge in [-0.15, -0.1) is 5.10 Å². The van der Waals surface area contributed by atoms with E-state index in [4.69, 9.17) is 4.74 Å². The number of nitrogens with zero attached hydrogens (tertiary/aromatic N) is 4. The highest BCUT2D eigenvalue weighted by Crippen LogP contribution is 2.29. The predicted octanol–water partition coefficient (Wildman–Crippen LogP) is 2.55. The van der Waals surface area contributed by atoms with Crippen molar-refractivity contribution in [3.05, 3.63) is 47.2 Å². The average Bonchev–Trinajstić information content (AvgIpc) is 3.14. The third-order valence-electron chi connectivity index (χ3n) is 4.61. The van der Waals surface area contributed by atoms with E-state index < -0.39 is 0 Å². The van der Waals surface area contributed by atoms with Crippen molar-refractivity contribution >= 4 is 22.6 Å². The fourth-order valence-electron chi connectivity index (χ4n) is 3.46. The van der Waals surface area contributed by atoms with Gasteiger partial charge in [0.15, 0.2) is 12.3 Å². The zero-order chi connectivity index (χ0) is 17.6. The van der Waals surface area contributed by atoms with Crippen molar-refractivity contribution in [3.63, 3.8) is 0 Å². The molecule has 25 heavy (non-hydrogen) atoms. The van der Waals surface area contributed by atoms with Crippen LogP contribution in [0.5, 0.6) is 5.88 Å². The summed E-state index contributed by atoms with van der Waals surface area (Å²) < 4.78 is 7.48. The molecule has 1 aliphatic rings. The monoisotopic (exact) mass is 336 g/mol. The van der Waals surface area contributed by atoms with Gasteiger partial charge in [0.05, 0.1) is 5.39 Å². The van der Waals surface area contributed by atoms with Crippen LogP contribution in [0, 0.1) is 13.8 Å². The lowest BCUT2D eigenvalue weighted by Crippen LogP contribution is -2.33. The zero-order valence-corrected chi connectivity index (χ0v) is 14.6. The van der Waals surface area contributed by atoms with Gasteiger partial charge in [0.1, 0.15) is 0 Å². The minimum Gasteiger partial charge on any atom is -0.466 e. The number of pyridine rings is 1. The van der Waals surface area contributed by atoms with Crippen LogP contribution < -0.4 is 9.64 Å². The first kappa shape index (κ1) is 15.6. The minimum absolute atomic E-state index is 0.0340. The van der Waals surface area contributed by atoms with Crippen molar-refractivity contribution < 1.29 is 9.53 Å². The van der Waals surface area contributed by atoms with Crippen LogP contribution in [0.1, 0.15) is 16.8 Å². The summed E-state index contributed by atoms with van der Waals surface area (Å²) in [5.74, 6) is 0.407. The van der Waals surface area contributed by atoms with E-state index in [1.165, 1.54) is 5.56 Å². The van der Waals surface area contributed by atoms with Crippen LogP contribution in [0.4, 0.5) is 5.69 Å². The predicted molar refractivity (Wildman–Crippen MR) is 96.0 cm³/mol. The van der Waals surface area contributed by atoms with E-state index in [0.29, 0.717) is 12.4 Å². The van der Waals surface area contributed by atoms with Crippen molar-refractivity contribution in [1.82, 2.24) is 14.8 Å². The van der Waals surface area contributed by atoms with Crippen LogP contribution in [0.3, 0.4) is 0 Å². The van der Waals surface area contributed by atoms with Crippen LogP contribution in [-0.4, -0.2) is 33.8 Å². The number of para-hydroxylation sites is 1. The third-order valence-corrected chi connectivity index (χ3v) is 4.61. The number of carbonyl (C=O) groups is 1. The van der Waals surface area contributed by atoms with Gasteiger partial charge in [-0.1, -0.05) is 18.2 Å². The van der Waals surface area contributed by atoms with Crippen LogP contribution in [0.25, 0.3) is 11.0 Å². The summed E-state index contributed by atoms with van der Waals surface area (Å²) in [5.41, 5.74) is 4.94. The van der Waals surface area contributed by atoms with E-state index >= 15 is 0 Å². The van der Waals surface area contributed by atoms with Gasteiger partial charge >= 0.3 is 0 Å². The SMILES string of the molecule is Cc1cc(C)c2c(OCC(=O)N3CCc4ccccc43)nn(C)c2n1. The number of benzene rings is 1. The van der Waals surface area contributed by atoms with Crippen molar-refractivity contribution in [3.8, 4) is 5.88 Å². The molecule has 0 saturated carbocycles. The number of hydrogen-bond donors (Lipinski definition) is 0. The zero-order valence-electron chi connectivity index (χ0n) is 14.6. The molecule has 3 heterocycles. The smallest absolute Gasteiger partial charge is 0.264 e. The number of carbonyl (C=O) groups excluding carboxylic acids is 1. The summed E-state index contributed by atoms with van der Waals surface area (Å²) in [7, 11) is 1.83. The van der Waals surface area contributed by atoms with Crippen molar-refractivity contribution in [2.24, 2.45) is 7.05 Å². The molecule has 0 aliphatic carbocycles. The molecule has 2 aromatic heterocycles. The average molecular weight is 336 g/mol. The van der Waals surface area contributed by atoms with Crippen molar-refractivity contribution in [2.75, 3.05) is 18.1 Å². The minimum atomic E-state index is -0.0542. The number of fused-ring (bicyclic) bond motifs is 2. The van der Waals surface area contributed by atoms with Crippen LogP contribution in [0.15, 0.2) is 30.3 Å². The third kappa shape index (κ3) is 2.63. The van der Waals surface area contributed by atoms with E-state index in [1.807, 2.05) is 45.2 Å². The second-order valence-electron chi connectivity index (χ2n) is 6.42. The summed E-state index contributed by atoms with van der Waals surface area (Å²) in [4.78, 5) is 18.9. The fraction of sp³-hybridized carbons (Fsp3) is 0.316. The molecule has 0 bridgehead atoms. The molecule has 0 atom stereocenters. The lowest BCUT2D eigenvalue weighted by Gasteiger charge is -2.17. The Morgan fingerprint density at radius 1 is 1.28 bits per heavy atom. The topological polar surface area (TPSA) is 60.2 Å². The van der Waals surface area contributed by atoms with E-state index in [-0.39, 0.29) is 12.5 Å². The Hall–Kier alpha value is -2.89. The van der Waals surface area contributed by atoms with E-state index in [2.05, 4.69) is 16.1 Å². The fourth-order valence-corrected chi connectivity index (χ4v) is 3.46. The molecule has 0 spiro atoms. The Bertz CT molecular complexity index is 977. The van der Waals surface area contributed by atoms with E-state index in [1.54, 1.807) is 9.58 Å². The van der Waals surface area contributed by atoms with Crippen molar-refractivity contribution in [1.29, 1.82) is 0 Å². The van der Waals surface area contributed by atoms with Gasteiger partial charge in [0, 0.05) is 25.0 Å². The van der Waals surface area contributed by atoms with Crippen LogP contribution >= 0.6 is 0 Å². The number of aryl methyl sites for hydroxylation is 3. The Morgan fingerprint density at radius 2 is 2.08 bits per heavy atom. The van der Waals surface area contributed by atoms with Gasteiger partial charge in [0.25, 0.3) is 5.91 Å².